The predicted molar refractivity (Wildman–Crippen MR) is 112 cm³/mol. The first-order chi connectivity index (χ1) is 13.6. The number of fused-ring (bicyclic) bond motifs is 1. The molecular formula is C23H23FN3O+. The molecule has 1 fully saturated rings. The van der Waals surface area contributed by atoms with Gasteiger partial charge in [-0.05, 0) is 48.0 Å². The summed E-state index contributed by atoms with van der Waals surface area (Å²) in [5.74, 6) is 0.979. The second kappa shape index (κ2) is 6.53. The van der Waals surface area contributed by atoms with Crippen LogP contribution in [0.4, 0.5) is 15.9 Å². The van der Waals surface area contributed by atoms with Crippen molar-refractivity contribution in [2.24, 2.45) is 0 Å². The summed E-state index contributed by atoms with van der Waals surface area (Å²) in [4.78, 5) is 5.96. The SMILES string of the molecule is C[N+]1(c2ccc(-c3ccc(F)cc3)[nH]2)CCN(c2cccc3ccoc23)CC1. The second-order valence-electron chi connectivity index (χ2n) is 7.71. The van der Waals surface area contributed by atoms with E-state index < -0.39 is 0 Å². The van der Waals surface area contributed by atoms with Crippen LogP contribution < -0.4 is 9.38 Å². The van der Waals surface area contributed by atoms with Crippen molar-refractivity contribution in [3.05, 3.63) is 72.7 Å². The van der Waals surface area contributed by atoms with Crippen LogP contribution in [0, 0.1) is 5.82 Å². The number of para-hydroxylation sites is 1. The number of benzene rings is 2. The summed E-state index contributed by atoms with van der Waals surface area (Å²) in [6.45, 7) is 3.92. The third-order valence-electron chi connectivity index (χ3n) is 5.93. The average Bonchev–Trinajstić information content (AvgIpc) is 3.39. The molecule has 1 aliphatic rings. The minimum Gasteiger partial charge on any atom is -0.462 e. The molecule has 2 aromatic heterocycles. The lowest BCUT2D eigenvalue weighted by molar-refractivity contribution is 0.302. The molecule has 0 saturated carbocycles. The topological polar surface area (TPSA) is 32.2 Å². The molecule has 5 rings (SSSR count). The van der Waals surface area contributed by atoms with Gasteiger partial charge >= 0.3 is 0 Å². The van der Waals surface area contributed by atoms with Gasteiger partial charge in [0.2, 0.25) is 5.82 Å². The van der Waals surface area contributed by atoms with E-state index in [2.05, 4.69) is 47.3 Å². The van der Waals surface area contributed by atoms with E-state index in [1.54, 1.807) is 6.26 Å². The summed E-state index contributed by atoms with van der Waals surface area (Å²) in [5, 5.41) is 1.15. The molecular weight excluding hydrogens is 353 g/mol. The van der Waals surface area contributed by atoms with Gasteiger partial charge in [0.05, 0.1) is 37.8 Å². The molecule has 3 heterocycles. The van der Waals surface area contributed by atoms with Crippen LogP contribution in [0.3, 0.4) is 0 Å². The second-order valence-corrected chi connectivity index (χ2v) is 7.71. The van der Waals surface area contributed by atoms with Gasteiger partial charge in [-0.15, -0.1) is 0 Å². The van der Waals surface area contributed by atoms with Crippen molar-refractivity contribution in [3.8, 4) is 11.3 Å². The summed E-state index contributed by atoms with van der Waals surface area (Å²) in [6, 6.07) is 19.2. The molecule has 0 radical (unpaired) electrons. The Morgan fingerprint density at radius 2 is 1.75 bits per heavy atom. The first-order valence-electron chi connectivity index (χ1n) is 9.64. The van der Waals surface area contributed by atoms with Crippen molar-refractivity contribution in [2.45, 2.75) is 0 Å². The third kappa shape index (κ3) is 2.88. The Bertz CT molecular complexity index is 1100. The number of halogens is 1. The Hall–Kier alpha value is -3.05. The number of nitrogens with zero attached hydrogens (tertiary/aromatic N) is 2. The Morgan fingerprint density at radius 3 is 2.54 bits per heavy atom. The summed E-state index contributed by atoms with van der Waals surface area (Å²) < 4.78 is 19.8. The molecule has 5 heteroatoms. The number of nitrogens with one attached hydrogen (secondary N) is 1. The Kier molecular flexibility index (Phi) is 3.98. The van der Waals surface area contributed by atoms with Crippen LogP contribution in [-0.4, -0.2) is 38.2 Å². The normalized spacial score (nSPS) is 16.6. The van der Waals surface area contributed by atoms with Crippen LogP contribution in [0.1, 0.15) is 0 Å². The number of furan rings is 1. The van der Waals surface area contributed by atoms with Crippen molar-refractivity contribution in [3.63, 3.8) is 0 Å². The number of piperazine rings is 1. The van der Waals surface area contributed by atoms with Crippen LogP contribution in [-0.2, 0) is 0 Å². The highest BCUT2D eigenvalue weighted by Crippen LogP contribution is 2.32. The van der Waals surface area contributed by atoms with Crippen LogP contribution in [0.5, 0.6) is 0 Å². The minimum absolute atomic E-state index is 0.211. The number of aromatic nitrogens is 1. The van der Waals surface area contributed by atoms with Gasteiger partial charge in [-0.25, -0.2) is 4.39 Å². The molecule has 1 N–H and O–H groups in total. The molecule has 0 unspecified atom stereocenters. The molecule has 1 aliphatic heterocycles. The van der Waals surface area contributed by atoms with Gasteiger partial charge in [0, 0.05) is 11.5 Å². The number of hydrogen-bond acceptors (Lipinski definition) is 2. The molecule has 0 bridgehead atoms. The molecule has 0 atom stereocenters. The fourth-order valence-corrected chi connectivity index (χ4v) is 4.11. The number of hydrogen-bond donors (Lipinski definition) is 1. The lowest BCUT2D eigenvalue weighted by Gasteiger charge is -2.41. The van der Waals surface area contributed by atoms with E-state index in [-0.39, 0.29) is 5.82 Å². The van der Waals surface area contributed by atoms with Crippen LogP contribution in [0.15, 0.2) is 71.3 Å². The lowest BCUT2D eigenvalue weighted by atomic mass is 10.1. The quantitative estimate of drug-likeness (QED) is 0.509. The summed E-state index contributed by atoms with van der Waals surface area (Å²) >= 11 is 0. The smallest absolute Gasteiger partial charge is 0.205 e. The molecule has 2 aromatic carbocycles. The number of likely N-dealkylation sites (N-methyl/N-ethyl adjacent to an activating group) is 1. The van der Waals surface area contributed by atoms with Gasteiger partial charge < -0.3 is 14.3 Å². The Balaban J connectivity index is 1.35. The van der Waals surface area contributed by atoms with E-state index in [1.165, 1.54) is 23.6 Å². The van der Waals surface area contributed by atoms with Gasteiger partial charge in [0.15, 0.2) is 5.58 Å². The molecule has 4 aromatic rings. The van der Waals surface area contributed by atoms with Crippen molar-refractivity contribution < 1.29 is 8.81 Å². The van der Waals surface area contributed by atoms with E-state index >= 15 is 0 Å². The lowest BCUT2D eigenvalue weighted by Crippen LogP contribution is -2.58. The van der Waals surface area contributed by atoms with Gasteiger partial charge in [-0.3, -0.25) is 4.48 Å². The maximum atomic E-state index is 13.2. The van der Waals surface area contributed by atoms with E-state index in [0.29, 0.717) is 0 Å². The molecule has 0 spiro atoms. The zero-order valence-corrected chi connectivity index (χ0v) is 15.9. The number of quaternary nitrogens is 1. The van der Waals surface area contributed by atoms with Crippen molar-refractivity contribution in [1.82, 2.24) is 9.47 Å². The van der Waals surface area contributed by atoms with Gasteiger partial charge in [0.25, 0.3) is 0 Å². The van der Waals surface area contributed by atoms with Crippen molar-refractivity contribution in [2.75, 3.05) is 38.1 Å². The van der Waals surface area contributed by atoms with Gasteiger partial charge in [-0.2, -0.15) is 0 Å². The number of H-pyrrole nitrogens is 1. The zero-order valence-electron chi connectivity index (χ0n) is 15.9. The number of aromatic amines is 1. The molecule has 4 nitrogen and oxygen atoms in total. The first-order valence-corrected chi connectivity index (χ1v) is 9.64. The highest BCUT2D eigenvalue weighted by molar-refractivity contribution is 5.89. The highest BCUT2D eigenvalue weighted by atomic mass is 19.1. The van der Waals surface area contributed by atoms with E-state index in [9.17, 15) is 4.39 Å². The Labute approximate surface area is 163 Å². The van der Waals surface area contributed by atoms with E-state index in [4.69, 9.17) is 4.42 Å². The molecule has 0 amide bonds. The monoisotopic (exact) mass is 376 g/mol. The maximum Gasteiger partial charge on any atom is 0.205 e. The minimum atomic E-state index is -0.211. The summed E-state index contributed by atoms with van der Waals surface area (Å²) in [7, 11) is 2.27. The Morgan fingerprint density at radius 1 is 0.964 bits per heavy atom. The van der Waals surface area contributed by atoms with E-state index in [1.807, 2.05) is 18.2 Å². The fraction of sp³-hybridized carbons (Fsp3) is 0.217. The zero-order chi connectivity index (χ0) is 19.1. The highest BCUT2D eigenvalue weighted by Gasteiger charge is 2.33. The average molecular weight is 376 g/mol. The van der Waals surface area contributed by atoms with Crippen molar-refractivity contribution in [1.29, 1.82) is 0 Å². The third-order valence-corrected chi connectivity index (χ3v) is 5.93. The predicted octanol–water partition coefficient (Wildman–Crippen LogP) is 5.02. The van der Waals surface area contributed by atoms with E-state index in [0.717, 1.165) is 52.9 Å². The molecule has 142 valence electrons. The number of anilines is 1. The van der Waals surface area contributed by atoms with Gasteiger partial charge in [0.1, 0.15) is 18.9 Å². The van der Waals surface area contributed by atoms with Gasteiger partial charge in [-0.1, -0.05) is 12.1 Å². The standard InChI is InChI=1S/C23H23FN3O/c1-27(22-10-9-20(25-22)17-5-7-19(24)8-6-17)14-12-26(13-15-27)21-4-2-3-18-11-16-28-23(18)21/h2-11,16,25H,12-15H2,1H3/q+1. The first kappa shape index (κ1) is 17.1. The van der Waals surface area contributed by atoms with Crippen molar-refractivity contribution >= 4 is 22.5 Å². The van der Waals surface area contributed by atoms with Crippen LogP contribution in [0.25, 0.3) is 22.2 Å². The largest absolute Gasteiger partial charge is 0.462 e. The fourth-order valence-electron chi connectivity index (χ4n) is 4.11. The maximum absolute atomic E-state index is 13.2. The van der Waals surface area contributed by atoms with Crippen LogP contribution >= 0.6 is 0 Å². The summed E-state index contributed by atoms with van der Waals surface area (Å²) in [5.41, 5.74) is 4.17. The molecule has 28 heavy (non-hydrogen) atoms. The number of rotatable bonds is 3. The molecule has 0 aliphatic carbocycles. The van der Waals surface area contributed by atoms with Crippen LogP contribution in [0.2, 0.25) is 0 Å². The molecule has 1 saturated heterocycles. The summed E-state index contributed by atoms with van der Waals surface area (Å²) in [6.07, 6.45) is 1.76.